The summed E-state index contributed by atoms with van der Waals surface area (Å²) in [6.07, 6.45) is -3.62. The van der Waals surface area contributed by atoms with Gasteiger partial charge in [0.15, 0.2) is 11.8 Å². The van der Waals surface area contributed by atoms with Crippen LogP contribution in [0.1, 0.15) is 50.5 Å². The highest BCUT2D eigenvalue weighted by Gasteiger charge is 2.59. The van der Waals surface area contributed by atoms with Crippen LogP contribution in [0.25, 0.3) is 22.6 Å². The van der Waals surface area contributed by atoms with Crippen LogP contribution in [-0.4, -0.2) is 47.5 Å². The zero-order chi connectivity index (χ0) is 33.8. The van der Waals surface area contributed by atoms with Gasteiger partial charge >= 0.3 is 19.3 Å². The number of nitrogens with zero attached hydrogens (tertiary/aromatic N) is 6. The lowest BCUT2D eigenvalue weighted by Gasteiger charge is -2.37. The molecule has 243 valence electrons. The van der Waals surface area contributed by atoms with Gasteiger partial charge in [0.1, 0.15) is 11.9 Å². The number of benzene rings is 2. The molecule has 1 fully saturated rings. The first kappa shape index (κ1) is 32.9. The van der Waals surface area contributed by atoms with E-state index in [0.29, 0.717) is 14.9 Å². The summed E-state index contributed by atoms with van der Waals surface area (Å²) in [6.45, 7) is -0.108. The summed E-state index contributed by atoms with van der Waals surface area (Å²) < 4.78 is 96.5. The molecule has 17 heteroatoms. The third kappa shape index (κ3) is 5.69. The molecule has 0 spiro atoms. The topological polar surface area (TPSA) is 105 Å². The molecule has 2 atom stereocenters. The van der Waals surface area contributed by atoms with Crippen LogP contribution in [0.5, 0.6) is 0 Å². The van der Waals surface area contributed by atoms with Crippen molar-refractivity contribution in [3.8, 4) is 22.6 Å². The maximum Gasteiger partial charge on any atom is 0.394 e. The maximum absolute atomic E-state index is 14.3. The van der Waals surface area contributed by atoms with E-state index in [1.54, 1.807) is 0 Å². The monoisotopic (exact) mass is 669 g/mol. The molecule has 0 unspecified atom stereocenters. The highest BCUT2D eigenvalue weighted by Crippen LogP contribution is 2.49. The Hall–Kier alpha value is -4.47. The lowest BCUT2D eigenvalue weighted by molar-refractivity contribution is -0.218. The first-order valence-electron chi connectivity index (χ1n) is 13.5. The van der Waals surface area contributed by atoms with Crippen molar-refractivity contribution in [3.05, 3.63) is 84.1 Å². The van der Waals surface area contributed by atoms with Gasteiger partial charge in [-0.3, -0.25) is 15.1 Å². The number of carbonyl (C=O) groups excluding carboxylic acids is 1. The zero-order valence-corrected chi connectivity index (χ0v) is 24.8. The highest BCUT2D eigenvalue weighted by molar-refractivity contribution is 6.33. The molecule has 1 aliphatic heterocycles. The fourth-order valence-electron chi connectivity index (χ4n) is 5.28. The number of hydrogen-bond donors (Lipinski definition) is 2. The lowest BCUT2D eigenvalue weighted by atomic mass is 9.74. The van der Waals surface area contributed by atoms with Gasteiger partial charge in [0.2, 0.25) is 0 Å². The molecule has 1 amide bonds. The number of nitrogens with one attached hydrogen (secondary N) is 2. The Labute approximate surface area is 262 Å². The van der Waals surface area contributed by atoms with Crippen LogP contribution in [0.15, 0.2) is 61.1 Å². The number of alkyl halides is 7. The molecule has 9 nitrogen and oxygen atoms in total. The van der Waals surface area contributed by atoms with E-state index in [4.69, 9.17) is 17.0 Å². The lowest BCUT2D eigenvalue weighted by Crippen LogP contribution is -2.50. The smallest absolute Gasteiger partial charge is 0.338 e. The highest BCUT2D eigenvalue weighted by atomic mass is 35.5. The van der Waals surface area contributed by atoms with E-state index in [2.05, 4.69) is 27.4 Å². The summed E-state index contributed by atoms with van der Waals surface area (Å²) in [7, 11) is 0. The fourth-order valence-corrected chi connectivity index (χ4v) is 5.49. The second-order valence-electron chi connectivity index (χ2n) is 11.2. The second-order valence-corrected chi connectivity index (χ2v) is 11.6. The Morgan fingerprint density at radius 2 is 1.72 bits per heavy atom. The first-order valence-corrected chi connectivity index (χ1v) is 13.9. The molecule has 0 aliphatic carbocycles. The first-order chi connectivity index (χ1) is 21.5. The average molecular weight is 670 g/mol. The van der Waals surface area contributed by atoms with Gasteiger partial charge in [0, 0.05) is 17.3 Å². The van der Waals surface area contributed by atoms with Crippen LogP contribution in [0, 0.1) is 17.7 Å². The van der Waals surface area contributed by atoms with Gasteiger partial charge in [-0.05, 0) is 42.7 Å². The molecule has 1 radical (unpaired) electrons. The van der Waals surface area contributed by atoms with Crippen LogP contribution < -0.4 is 5.32 Å². The van der Waals surface area contributed by atoms with Crippen LogP contribution in [0.4, 0.5) is 30.7 Å². The van der Waals surface area contributed by atoms with Crippen molar-refractivity contribution >= 4 is 23.5 Å². The van der Waals surface area contributed by atoms with Gasteiger partial charge in [-0.2, -0.15) is 45.6 Å². The van der Waals surface area contributed by atoms with Crippen LogP contribution in [0.3, 0.4) is 0 Å². The molecule has 46 heavy (non-hydrogen) atoms. The molecule has 1 saturated heterocycles. The molecule has 0 bridgehead atoms. The summed E-state index contributed by atoms with van der Waals surface area (Å²) in [4.78, 5) is 19.0. The molecule has 2 aromatic carbocycles. The van der Waals surface area contributed by atoms with Crippen LogP contribution in [0.2, 0.25) is 5.02 Å². The van der Waals surface area contributed by atoms with Crippen molar-refractivity contribution in [2.24, 2.45) is 5.41 Å². The van der Waals surface area contributed by atoms with Gasteiger partial charge in [0.05, 0.1) is 22.2 Å². The van der Waals surface area contributed by atoms with E-state index < -0.39 is 54.6 Å². The maximum atomic E-state index is 14.3. The van der Waals surface area contributed by atoms with Crippen molar-refractivity contribution in [3.63, 3.8) is 0 Å². The minimum absolute atomic E-state index is 0.0195. The third-order valence-electron chi connectivity index (χ3n) is 7.80. The van der Waals surface area contributed by atoms with Gasteiger partial charge in [-0.25, -0.2) is 9.67 Å². The van der Waals surface area contributed by atoms with Gasteiger partial charge in [-0.15, -0.1) is 0 Å². The van der Waals surface area contributed by atoms with Gasteiger partial charge in [-0.1, -0.05) is 55.8 Å². The number of aromatic nitrogens is 5. The number of amides is 1. The van der Waals surface area contributed by atoms with Crippen LogP contribution in [-0.2, 0) is 10.3 Å². The molecular formula is C29H25ClF7N8O. The number of guanidine groups is 1. The molecule has 3 heterocycles. The zero-order valence-electron chi connectivity index (χ0n) is 24.0. The van der Waals surface area contributed by atoms with E-state index in [9.17, 15) is 35.5 Å². The van der Waals surface area contributed by atoms with Crippen molar-refractivity contribution in [1.82, 2.24) is 34.8 Å². The molecule has 2 aromatic heterocycles. The Bertz CT molecular complexity index is 1770. The van der Waals surface area contributed by atoms with Crippen molar-refractivity contribution in [1.29, 1.82) is 5.41 Å². The third-order valence-corrected chi connectivity index (χ3v) is 8.13. The summed E-state index contributed by atoms with van der Waals surface area (Å²) in [5.41, 5.74) is -3.75. The predicted octanol–water partition coefficient (Wildman–Crippen LogP) is 7.37. The van der Waals surface area contributed by atoms with E-state index in [1.165, 1.54) is 48.5 Å². The van der Waals surface area contributed by atoms with E-state index in [1.807, 2.05) is 0 Å². The number of rotatable bonds is 9. The largest absolute Gasteiger partial charge is 0.394 e. The van der Waals surface area contributed by atoms with Crippen molar-refractivity contribution < 1.29 is 35.5 Å². The standard InChI is InChI=1S/C29H25ClF7N8O/c1-15(17-6-9-20(30)19(12-17)22-39-14-40-45(22)25(33)34)44-23(46)28(41-26(44)38,13-27(2,3)29(35,36)37)18-7-4-16(5-8-18)21-10-11-43(42-21)24(31)32/h4-12,14-15,24-25H,1,13H2,2-3H3,(H2,38,41)/t15-,28+/m0/s1. The summed E-state index contributed by atoms with van der Waals surface area (Å²) in [5.74, 6) is -1.78. The number of halogens is 8. The molecule has 2 N–H and O–H groups in total. The summed E-state index contributed by atoms with van der Waals surface area (Å²) >= 11 is 6.27. The average Bonchev–Trinajstić information content (AvgIpc) is 3.72. The number of hydrogen-bond acceptors (Lipinski definition) is 5. The normalized spacial score (nSPS) is 18.2. The minimum Gasteiger partial charge on any atom is -0.338 e. The van der Waals surface area contributed by atoms with Crippen molar-refractivity contribution in [2.75, 3.05) is 0 Å². The SMILES string of the molecule is [CH2][C@@H](c1ccc(Cl)c(-c2ncnn2C(F)F)c1)N1C(=N)N[C@](CC(C)(C)C(F)(F)F)(c2ccc(-c3ccn(C(F)F)n3)cc2)C1=O. The van der Waals surface area contributed by atoms with Gasteiger partial charge < -0.3 is 5.32 Å². The predicted molar refractivity (Wildman–Crippen MR) is 153 cm³/mol. The molecule has 4 aromatic rings. The Morgan fingerprint density at radius 1 is 1.04 bits per heavy atom. The molecular weight excluding hydrogens is 645 g/mol. The fraction of sp³-hybridized carbons (Fsp3) is 0.310. The van der Waals surface area contributed by atoms with Gasteiger partial charge in [0.25, 0.3) is 5.91 Å². The minimum atomic E-state index is -4.75. The van der Waals surface area contributed by atoms with E-state index >= 15 is 0 Å². The molecule has 5 rings (SSSR count). The Balaban J connectivity index is 1.55. The van der Waals surface area contributed by atoms with E-state index in [-0.39, 0.29) is 33.2 Å². The summed E-state index contributed by atoms with van der Waals surface area (Å²) in [6, 6.07) is 9.77. The molecule has 0 saturated carbocycles. The van der Waals surface area contributed by atoms with E-state index in [0.717, 1.165) is 31.3 Å². The summed E-state index contributed by atoms with van der Waals surface area (Å²) in [5, 5.41) is 18.6. The second kappa shape index (κ2) is 11.7. The molecule has 1 aliphatic rings. The Morgan fingerprint density at radius 3 is 2.30 bits per heavy atom. The number of carbonyl (C=O) groups is 1. The Kier molecular flexibility index (Phi) is 8.38. The van der Waals surface area contributed by atoms with Crippen molar-refractivity contribution in [2.45, 2.75) is 51.1 Å². The quantitative estimate of drug-likeness (QED) is 0.181. The van der Waals surface area contributed by atoms with Crippen LogP contribution >= 0.6 is 11.6 Å².